The second kappa shape index (κ2) is 10.00. The van der Waals surface area contributed by atoms with E-state index in [1.54, 1.807) is 7.05 Å². The highest BCUT2D eigenvalue weighted by atomic mass is 127. The molecule has 0 aromatic rings. The van der Waals surface area contributed by atoms with Gasteiger partial charge in [0.25, 0.3) is 0 Å². The Balaban J connectivity index is 0.00000484. The molecule has 1 aliphatic rings. The number of ether oxygens (including phenoxy) is 1. The van der Waals surface area contributed by atoms with Gasteiger partial charge in [-0.05, 0) is 33.6 Å². The summed E-state index contributed by atoms with van der Waals surface area (Å²) < 4.78 is 31.0. The number of halogens is 1. The van der Waals surface area contributed by atoms with Crippen LogP contribution in [0.1, 0.15) is 33.6 Å². The van der Waals surface area contributed by atoms with Crippen LogP contribution in [0.4, 0.5) is 0 Å². The third-order valence-electron chi connectivity index (χ3n) is 3.51. The summed E-state index contributed by atoms with van der Waals surface area (Å²) in [6.45, 7) is 8.71. The standard InChI is InChI=1S/C14H30N4O3S.HI/c1-6-21-12-7-9-18(10-8-12)13(15-4)16-11-14(2,3)17-22(5,19)20;/h12,17H,6-11H2,1-5H3,(H,15,16);1H. The van der Waals surface area contributed by atoms with Gasteiger partial charge in [0.05, 0.1) is 12.4 Å². The highest BCUT2D eigenvalue weighted by Gasteiger charge is 2.25. The predicted molar refractivity (Wildman–Crippen MR) is 105 cm³/mol. The van der Waals surface area contributed by atoms with Gasteiger partial charge in [-0.3, -0.25) is 4.99 Å². The molecule has 0 spiro atoms. The van der Waals surface area contributed by atoms with Crippen LogP contribution in [0.2, 0.25) is 0 Å². The number of rotatable bonds is 6. The van der Waals surface area contributed by atoms with Gasteiger partial charge in [-0.1, -0.05) is 0 Å². The number of sulfonamides is 1. The number of likely N-dealkylation sites (tertiary alicyclic amines) is 1. The van der Waals surface area contributed by atoms with E-state index in [0.717, 1.165) is 38.5 Å². The van der Waals surface area contributed by atoms with Crippen LogP contribution < -0.4 is 10.0 Å². The summed E-state index contributed by atoms with van der Waals surface area (Å²) in [4.78, 5) is 6.48. The minimum atomic E-state index is -3.23. The van der Waals surface area contributed by atoms with Crippen LogP contribution in [-0.4, -0.2) is 70.5 Å². The molecule has 0 aliphatic carbocycles. The molecule has 1 fully saturated rings. The molecule has 23 heavy (non-hydrogen) atoms. The molecule has 0 amide bonds. The Hall–Kier alpha value is -0.130. The first kappa shape index (κ1) is 22.9. The van der Waals surface area contributed by atoms with Gasteiger partial charge in [0.15, 0.2) is 5.96 Å². The fraction of sp³-hybridized carbons (Fsp3) is 0.929. The molecule has 9 heteroatoms. The molecule has 1 aliphatic heterocycles. The molecule has 0 bridgehead atoms. The lowest BCUT2D eigenvalue weighted by molar-refractivity contribution is 0.0263. The summed E-state index contributed by atoms with van der Waals surface area (Å²) in [6.07, 6.45) is 3.48. The minimum absolute atomic E-state index is 0. The maximum absolute atomic E-state index is 11.4. The van der Waals surface area contributed by atoms with Crippen LogP contribution in [0.15, 0.2) is 4.99 Å². The molecule has 0 unspecified atom stereocenters. The van der Waals surface area contributed by atoms with Crippen molar-refractivity contribution in [1.29, 1.82) is 0 Å². The fourth-order valence-electron chi connectivity index (χ4n) is 2.64. The number of hydrogen-bond acceptors (Lipinski definition) is 4. The second-order valence-electron chi connectivity index (χ2n) is 6.30. The molecule has 0 radical (unpaired) electrons. The van der Waals surface area contributed by atoms with Crippen LogP contribution in [0, 0.1) is 0 Å². The van der Waals surface area contributed by atoms with Gasteiger partial charge in [0.2, 0.25) is 10.0 Å². The first-order chi connectivity index (χ1) is 10.2. The molecule has 7 nitrogen and oxygen atoms in total. The zero-order chi connectivity index (χ0) is 16.8. The molecule has 0 aromatic heterocycles. The summed E-state index contributed by atoms with van der Waals surface area (Å²) in [6, 6.07) is 0. The first-order valence-corrected chi connectivity index (χ1v) is 9.62. The number of nitrogens with one attached hydrogen (secondary N) is 2. The van der Waals surface area contributed by atoms with Gasteiger partial charge in [-0.25, -0.2) is 13.1 Å². The van der Waals surface area contributed by atoms with Gasteiger partial charge in [-0.15, -0.1) is 24.0 Å². The Morgan fingerprint density at radius 3 is 2.35 bits per heavy atom. The molecule has 1 saturated heterocycles. The second-order valence-corrected chi connectivity index (χ2v) is 8.05. The molecule has 0 atom stereocenters. The Labute approximate surface area is 157 Å². The number of nitrogens with zero attached hydrogens (tertiary/aromatic N) is 2. The molecule has 138 valence electrons. The number of guanidine groups is 1. The third kappa shape index (κ3) is 9.06. The quantitative estimate of drug-likeness (QED) is 0.350. The van der Waals surface area contributed by atoms with Crippen LogP contribution in [0.25, 0.3) is 0 Å². The van der Waals surface area contributed by atoms with Crippen LogP contribution in [0.3, 0.4) is 0 Å². The smallest absolute Gasteiger partial charge is 0.209 e. The fourth-order valence-corrected chi connectivity index (χ4v) is 3.72. The Morgan fingerprint density at radius 2 is 1.91 bits per heavy atom. The van der Waals surface area contributed by atoms with E-state index in [-0.39, 0.29) is 24.0 Å². The summed E-state index contributed by atoms with van der Waals surface area (Å²) in [7, 11) is -1.49. The molecule has 2 N–H and O–H groups in total. The highest BCUT2D eigenvalue weighted by molar-refractivity contribution is 14.0. The third-order valence-corrected chi connectivity index (χ3v) is 4.43. The maximum Gasteiger partial charge on any atom is 0.209 e. The minimum Gasteiger partial charge on any atom is -0.378 e. The summed E-state index contributed by atoms with van der Waals surface area (Å²) in [5, 5.41) is 3.26. The lowest BCUT2D eigenvalue weighted by atomic mass is 10.1. The van der Waals surface area contributed by atoms with Gasteiger partial charge in [0, 0.05) is 38.8 Å². The van der Waals surface area contributed by atoms with Crippen molar-refractivity contribution in [2.24, 2.45) is 4.99 Å². The normalized spacial score (nSPS) is 17.8. The largest absolute Gasteiger partial charge is 0.378 e. The van der Waals surface area contributed by atoms with Crippen molar-refractivity contribution in [3.05, 3.63) is 0 Å². The van der Waals surface area contributed by atoms with Crippen molar-refractivity contribution < 1.29 is 13.2 Å². The monoisotopic (exact) mass is 462 g/mol. The van der Waals surface area contributed by atoms with Crippen molar-refractivity contribution >= 4 is 40.0 Å². The topological polar surface area (TPSA) is 83.0 Å². The molecular formula is C14H31IN4O3S. The Morgan fingerprint density at radius 1 is 1.35 bits per heavy atom. The van der Waals surface area contributed by atoms with Gasteiger partial charge in [0.1, 0.15) is 0 Å². The van der Waals surface area contributed by atoms with Crippen molar-refractivity contribution in [2.75, 3.05) is 39.5 Å². The maximum atomic E-state index is 11.4. The summed E-state index contributed by atoms with van der Waals surface area (Å²) in [5.74, 6) is 0.804. The summed E-state index contributed by atoms with van der Waals surface area (Å²) in [5.41, 5.74) is -0.576. The van der Waals surface area contributed by atoms with E-state index in [2.05, 4.69) is 19.9 Å². The van der Waals surface area contributed by atoms with E-state index in [1.807, 2.05) is 20.8 Å². The zero-order valence-corrected chi connectivity index (χ0v) is 17.9. The average molecular weight is 462 g/mol. The van der Waals surface area contributed by atoms with E-state index < -0.39 is 15.6 Å². The number of aliphatic imine (C=N–C) groups is 1. The summed E-state index contributed by atoms with van der Waals surface area (Å²) >= 11 is 0. The Kier molecular flexibility index (Phi) is 9.94. The highest BCUT2D eigenvalue weighted by Crippen LogP contribution is 2.14. The lowest BCUT2D eigenvalue weighted by Gasteiger charge is -2.35. The zero-order valence-electron chi connectivity index (χ0n) is 14.8. The van der Waals surface area contributed by atoms with Crippen LogP contribution in [-0.2, 0) is 14.8 Å². The van der Waals surface area contributed by atoms with Crippen molar-refractivity contribution in [3.63, 3.8) is 0 Å². The molecule has 1 rings (SSSR count). The van der Waals surface area contributed by atoms with Gasteiger partial charge >= 0.3 is 0 Å². The van der Waals surface area contributed by atoms with Crippen LogP contribution >= 0.6 is 24.0 Å². The van der Waals surface area contributed by atoms with Gasteiger partial charge < -0.3 is 15.0 Å². The number of piperidine rings is 1. The van der Waals surface area contributed by atoms with E-state index in [1.165, 1.54) is 6.26 Å². The van der Waals surface area contributed by atoms with E-state index >= 15 is 0 Å². The van der Waals surface area contributed by atoms with Crippen molar-refractivity contribution in [2.45, 2.75) is 45.3 Å². The SMILES string of the molecule is CCOC1CCN(C(=NC)NCC(C)(C)NS(C)(=O)=O)CC1.I. The van der Waals surface area contributed by atoms with Crippen molar-refractivity contribution in [1.82, 2.24) is 14.9 Å². The lowest BCUT2D eigenvalue weighted by Crippen LogP contribution is -2.54. The van der Waals surface area contributed by atoms with E-state index in [4.69, 9.17) is 4.74 Å². The van der Waals surface area contributed by atoms with E-state index in [0.29, 0.717) is 12.6 Å². The molecular weight excluding hydrogens is 431 g/mol. The van der Waals surface area contributed by atoms with Gasteiger partial charge in [-0.2, -0.15) is 0 Å². The molecule has 0 saturated carbocycles. The van der Waals surface area contributed by atoms with E-state index in [9.17, 15) is 8.42 Å². The predicted octanol–water partition coefficient (Wildman–Crippen LogP) is 1.01. The van der Waals surface area contributed by atoms with Crippen LogP contribution in [0.5, 0.6) is 0 Å². The van der Waals surface area contributed by atoms with Crippen molar-refractivity contribution in [3.8, 4) is 0 Å². The molecule has 0 aromatic carbocycles. The average Bonchev–Trinajstić information content (AvgIpc) is 2.38. The first-order valence-electron chi connectivity index (χ1n) is 7.73. The Bertz CT molecular complexity index is 474. The number of hydrogen-bond donors (Lipinski definition) is 2. The molecule has 1 heterocycles.